The van der Waals surface area contributed by atoms with Gasteiger partial charge in [-0.15, -0.1) is 0 Å². The van der Waals surface area contributed by atoms with Crippen molar-refractivity contribution in [3.05, 3.63) is 18.5 Å². The van der Waals surface area contributed by atoms with Gasteiger partial charge in [-0.05, 0) is 45.8 Å². The molecule has 2 aliphatic rings. The zero-order chi connectivity index (χ0) is 17.2. The number of nitrogens with zero attached hydrogens (tertiary/aromatic N) is 4. The van der Waals surface area contributed by atoms with Gasteiger partial charge >= 0.3 is 0 Å². The van der Waals surface area contributed by atoms with Crippen LogP contribution in [0.2, 0.25) is 0 Å². The van der Waals surface area contributed by atoms with Crippen molar-refractivity contribution in [3.63, 3.8) is 0 Å². The summed E-state index contributed by atoms with van der Waals surface area (Å²) in [4.78, 5) is 17.7. The number of aliphatic hydroxyl groups excluding tert-OH is 1. The molecule has 0 aromatic carbocycles. The number of piperazine rings is 1. The fourth-order valence-corrected chi connectivity index (χ4v) is 3.99. The molecule has 0 radical (unpaired) electrons. The molecule has 0 spiro atoms. The van der Waals surface area contributed by atoms with Crippen molar-refractivity contribution in [2.75, 3.05) is 39.3 Å². The maximum Gasteiger partial charge on any atom is 0.250 e. The summed E-state index contributed by atoms with van der Waals surface area (Å²) >= 11 is 0. The number of hydrogen-bond donors (Lipinski definition) is 2. The molecule has 24 heavy (non-hydrogen) atoms. The van der Waals surface area contributed by atoms with Gasteiger partial charge < -0.3 is 15.3 Å². The Morgan fingerprint density at radius 3 is 2.75 bits per heavy atom. The van der Waals surface area contributed by atoms with Crippen LogP contribution in [0.1, 0.15) is 26.7 Å². The Labute approximate surface area is 143 Å². The number of β-amino-alcohol motifs (C(OH)–C–C–N with tert-alkyl or cyclic N) is 1. The number of aromatic nitrogens is 2. The maximum atomic E-state index is 13.4. The molecular weight excluding hydrogens is 306 g/mol. The molecule has 2 saturated heterocycles. The molecule has 134 valence electrons. The standard InChI is InChI=1S/C17H29N5O2/c1-14-12-21(11-10-20(14)13-15(2)23)16(24)17(4-7-18-8-5-17)22-9-3-6-19-22/h3,6,9,14-15,18,23H,4-5,7-8,10-13H2,1-2H3. The minimum atomic E-state index is -0.555. The van der Waals surface area contributed by atoms with Crippen molar-refractivity contribution in [3.8, 4) is 0 Å². The molecule has 2 N–H and O–H groups in total. The highest BCUT2D eigenvalue weighted by atomic mass is 16.3. The average molecular weight is 335 g/mol. The zero-order valence-corrected chi connectivity index (χ0v) is 14.7. The second-order valence-electron chi connectivity index (χ2n) is 7.18. The number of carbonyl (C=O) groups excluding carboxylic acids is 1. The Morgan fingerprint density at radius 1 is 1.42 bits per heavy atom. The SMILES string of the molecule is CC(O)CN1CCN(C(=O)C2(n3cccn3)CCNCC2)CC1C. The van der Waals surface area contributed by atoms with Crippen LogP contribution in [0.4, 0.5) is 0 Å². The van der Waals surface area contributed by atoms with Crippen molar-refractivity contribution >= 4 is 5.91 Å². The third-order valence-corrected chi connectivity index (χ3v) is 5.32. The van der Waals surface area contributed by atoms with E-state index in [1.54, 1.807) is 6.20 Å². The van der Waals surface area contributed by atoms with E-state index in [-0.39, 0.29) is 18.1 Å². The van der Waals surface area contributed by atoms with E-state index in [4.69, 9.17) is 0 Å². The number of piperidine rings is 1. The first kappa shape index (κ1) is 17.4. The summed E-state index contributed by atoms with van der Waals surface area (Å²) in [6.07, 6.45) is 4.87. The molecule has 0 saturated carbocycles. The Balaban J connectivity index is 1.75. The lowest BCUT2D eigenvalue weighted by Gasteiger charge is -2.45. The van der Waals surface area contributed by atoms with Gasteiger partial charge in [-0.2, -0.15) is 5.10 Å². The highest BCUT2D eigenvalue weighted by Crippen LogP contribution is 2.30. The summed E-state index contributed by atoms with van der Waals surface area (Å²) in [6.45, 7) is 8.51. The van der Waals surface area contributed by atoms with Crippen LogP contribution >= 0.6 is 0 Å². The second kappa shape index (κ2) is 7.21. The van der Waals surface area contributed by atoms with Crippen LogP contribution < -0.4 is 5.32 Å². The third kappa shape index (κ3) is 3.34. The molecule has 7 heteroatoms. The lowest BCUT2D eigenvalue weighted by molar-refractivity contribution is -0.146. The van der Waals surface area contributed by atoms with Crippen LogP contribution in [-0.2, 0) is 10.3 Å². The van der Waals surface area contributed by atoms with E-state index in [2.05, 4.69) is 22.2 Å². The molecule has 1 aromatic heterocycles. The van der Waals surface area contributed by atoms with Gasteiger partial charge in [-0.3, -0.25) is 14.4 Å². The summed E-state index contributed by atoms with van der Waals surface area (Å²) in [5.41, 5.74) is -0.555. The normalized spacial score (nSPS) is 26.3. The van der Waals surface area contributed by atoms with E-state index >= 15 is 0 Å². The molecule has 3 heterocycles. The largest absolute Gasteiger partial charge is 0.392 e. The predicted molar refractivity (Wildman–Crippen MR) is 91.6 cm³/mol. The fraction of sp³-hybridized carbons (Fsp3) is 0.765. The highest BCUT2D eigenvalue weighted by Gasteiger charge is 2.45. The Hall–Kier alpha value is -1.44. The summed E-state index contributed by atoms with van der Waals surface area (Å²) in [5, 5.41) is 17.4. The first-order valence-corrected chi connectivity index (χ1v) is 8.95. The van der Waals surface area contributed by atoms with Gasteiger partial charge in [0, 0.05) is 44.6 Å². The molecule has 1 aromatic rings. The first-order valence-electron chi connectivity index (χ1n) is 8.95. The van der Waals surface area contributed by atoms with Gasteiger partial charge in [-0.1, -0.05) is 0 Å². The van der Waals surface area contributed by atoms with E-state index in [0.717, 1.165) is 32.5 Å². The van der Waals surface area contributed by atoms with Crippen LogP contribution in [0.5, 0.6) is 0 Å². The number of carbonyl (C=O) groups is 1. The van der Waals surface area contributed by atoms with E-state index < -0.39 is 5.54 Å². The Kier molecular flexibility index (Phi) is 5.22. The Morgan fingerprint density at radius 2 is 2.17 bits per heavy atom. The molecule has 0 aliphatic carbocycles. The average Bonchev–Trinajstić information content (AvgIpc) is 3.11. The van der Waals surface area contributed by atoms with Crippen LogP contribution in [0.3, 0.4) is 0 Å². The summed E-state index contributed by atoms with van der Waals surface area (Å²) in [5.74, 6) is 0.191. The van der Waals surface area contributed by atoms with E-state index in [9.17, 15) is 9.90 Å². The third-order valence-electron chi connectivity index (χ3n) is 5.32. The zero-order valence-electron chi connectivity index (χ0n) is 14.7. The smallest absolute Gasteiger partial charge is 0.250 e. The van der Waals surface area contributed by atoms with Gasteiger partial charge in [-0.25, -0.2) is 0 Å². The quantitative estimate of drug-likeness (QED) is 0.802. The van der Waals surface area contributed by atoms with Crippen molar-refractivity contribution in [1.29, 1.82) is 0 Å². The van der Waals surface area contributed by atoms with Gasteiger partial charge in [0.1, 0.15) is 5.54 Å². The molecule has 3 rings (SSSR count). The predicted octanol–water partition coefficient (Wildman–Crippen LogP) is -0.125. The van der Waals surface area contributed by atoms with Crippen LogP contribution in [0.25, 0.3) is 0 Å². The van der Waals surface area contributed by atoms with Crippen molar-refractivity contribution in [2.24, 2.45) is 0 Å². The molecule has 7 nitrogen and oxygen atoms in total. The highest BCUT2D eigenvalue weighted by molar-refractivity contribution is 5.85. The number of hydrogen-bond acceptors (Lipinski definition) is 5. The Bertz CT molecular complexity index is 539. The monoisotopic (exact) mass is 335 g/mol. The molecule has 2 fully saturated rings. The van der Waals surface area contributed by atoms with Crippen LogP contribution in [0.15, 0.2) is 18.5 Å². The maximum absolute atomic E-state index is 13.4. The van der Waals surface area contributed by atoms with E-state index in [1.165, 1.54) is 0 Å². The van der Waals surface area contributed by atoms with Crippen LogP contribution in [-0.4, -0.2) is 82.0 Å². The fourth-order valence-electron chi connectivity index (χ4n) is 3.99. The van der Waals surface area contributed by atoms with Crippen LogP contribution in [0, 0.1) is 0 Å². The van der Waals surface area contributed by atoms with Gasteiger partial charge in [0.2, 0.25) is 0 Å². The van der Waals surface area contributed by atoms with E-state index in [1.807, 2.05) is 28.8 Å². The summed E-state index contributed by atoms with van der Waals surface area (Å²) < 4.78 is 1.86. The molecule has 2 unspecified atom stereocenters. The van der Waals surface area contributed by atoms with Gasteiger partial charge in [0.15, 0.2) is 0 Å². The molecule has 1 amide bonds. The molecule has 2 aliphatic heterocycles. The lowest BCUT2D eigenvalue weighted by Crippen LogP contribution is -2.61. The molecular formula is C17H29N5O2. The number of rotatable bonds is 4. The lowest BCUT2D eigenvalue weighted by atomic mass is 9.86. The minimum Gasteiger partial charge on any atom is -0.392 e. The first-order chi connectivity index (χ1) is 11.5. The van der Waals surface area contributed by atoms with Crippen molar-refractivity contribution in [1.82, 2.24) is 24.9 Å². The molecule has 0 bridgehead atoms. The number of nitrogens with one attached hydrogen (secondary N) is 1. The molecule has 2 atom stereocenters. The van der Waals surface area contributed by atoms with Gasteiger partial charge in [0.05, 0.1) is 6.10 Å². The van der Waals surface area contributed by atoms with E-state index in [0.29, 0.717) is 19.6 Å². The minimum absolute atomic E-state index is 0.191. The van der Waals surface area contributed by atoms with Gasteiger partial charge in [0.25, 0.3) is 5.91 Å². The second-order valence-corrected chi connectivity index (χ2v) is 7.18. The number of amides is 1. The topological polar surface area (TPSA) is 73.6 Å². The van der Waals surface area contributed by atoms with Crippen molar-refractivity contribution in [2.45, 2.75) is 44.4 Å². The van der Waals surface area contributed by atoms with Crippen molar-refractivity contribution < 1.29 is 9.90 Å². The summed E-state index contributed by atoms with van der Waals surface area (Å²) in [6, 6.07) is 2.15. The number of aliphatic hydroxyl groups is 1. The summed E-state index contributed by atoms with van der Waals surface area (Å²) in [7, 11) is 0.